The molecule has 1 aliphatic rings. The second-order valence-electron chi connectivity index (χ2n) is 4.73. The zero-order chi connectivity index (χ0) is 11.5. The average Bonchev–Trinajstić information content (AvgIpc) is 2.16. The van der Waals surface area contributed by atoms with E-state index in [1.807, 2.05) is 6.07 Å². The Morgan fingerprint density at radius 1 is 1.44 bits per heavy atom. The maximum Gasteiger partial charge on any atom is 0.124 e. The molecule has 0 radical (unpaired) electrons. The summed E-state index contributed by atoms with van der Waals surface area (Å²) in [6.07, 6.45) is 4.13. The van der Waals surface area contributed by atoms with Crippen molar-refractivity contribution in [2.24, 2.45) is 5.92 Å². The summed E-state index contributed by atoms with van der Waals surface area (Å²) in [4.78, 5) is 2.32. The molecule has 88 valence electrons. The fraction of sp³-hybridized carbons (Fsp3) is 0.538. The van der Waals surface area contributed by atoms with Crippen molar-refractivity contribution in [3.63, 3.8) is 0 Å². The highest BCUT2D eigenvalue weighted by Crippen LogP contribution is 2.27. The summed E-state index contributed by atoms with van der Waals surface area (Å²) in [6.45, 7) is 2.04. The number of hydrogen-bond acceptors (Lipinski definition) is 1. The maximum absolute atomic E-state index is 12.9. The molecule has 3 heteroatoms. The van der Waals surface area contributed by atoms with Gasteiger partial charge in [0.25, 0.3) is 0 Å². The fourth-order valence-corrected chi connectivity index (χ4v) is 2.60. The Hall–Kier alpha value is -0.410. The van der Waals surface area contributed by atoms with E-state index in [1.54, 1.807) is 0 Å². The van der Waals surface area contributed by atoms with Crippen molar-refractivity contribution in [1.29, 1.82) is 0 Å². The van der Waals surface area contributed by atoms with Crippen LogP contribution in [0, 0.1) is 11.7 Å². The number of nitrogens with zero attached hydrogens (tertiary/aromatic N) is 1. The Bertz CT molecular complexity index is 363. The first-order valence-corrected chi connectivity index (χ1v) is 6.57. The van der Waals surface area contributed by atoms with Gasteiger partial charge in [-0.2, -0.15) is 0 Å². The second-order valence-corrected chi connectivity index (χ2v) is 5.58. The molecule has 0 bridgehead atoms. The first-order chi connectivity index (χ1) is 7.65. The lowest BCUT2D eigenvalue weighted by atomic mass is 9.85. The molecule has 0 spiro atoms. The van der Waals surface area contributed by atoms with E-state index in [-0.39, 0.29) is 5.82 Å². The molecule has 2 rings (SSSR count). The highest BCUT2D eigenvalue weighted by molar-refractivity contribution is 9.10. The van der Waals surface area contributed by atoms with Crippen LogP contribution in [0.15, 0.2) is 22.7 Å². The molecular weight excluding hydrogens is 269 g/mol. The van der Waals surface area contributed by atoms with Gasteiger partial charge in [-0.3, -0.25) is 0 Å². The number of hydrogen-bond donors (Lipinski definition) is 0. The molecule has 0 heterocycles. The standard InChI is InChI=1S/C13H17BrFN/c1-16(8-10-3-2-4-10)9-11-5-6-12(15)7-13(11)14/h5-7,10H,2-4,8-9H2,1H3. The topological polar surface area (TPSA) is 3.24 Å². The smallest absolute Gasteiger partial charge is 0.124 e. The van der Waals surface area contributed by atoms with Crippen LogP contribution in [0.25, 0.3) is 0 Å². The quantitative estimate of drug-likeness (QED) is 0.813. The van der Waals surface area contributed by atoms with Gasteiger partial charge in [-0.05, 0) is 43.5 Å². The van der Waals surface area contributed by atoms with Crippen LogP contribution in [0.2, 0.25) is 0 Å². The number of halogens is 2. The van der Waals surface area contributed by atoms with Crippen molar-refractivity contribution < 1.29 is 4.39 Å². The first kappa shape index (κ1) is 12.1. The predicted molar refractivity (Wildman–Crippen MR) is 67.8 cm³/mol. The van der Waals surface area contributed by atoms with Crippen molar-refractivity contribution in [3.05, 3.63) is 34.1 Å². The van der Waals surface area contributed by atoms with Crippen molar-refractivity contribution in [1.82, 2.24) is 4.90 Å². The van der Waals surface area contributed by atoms with Crippen LogP contribution in [-0.2, 0) is 6.54 Å². The van der Waals surface area contributed by atoms with Gasteiger partial charge in [-0.15, -0.1) is 0 Å². The van der Waals surface area contributed by atoms with Gasteiger partial charge in [-0.25, -0.2) is 4.39 Å². The van der Waals surface area contributed by atoms with Gasteiger partial charge in [-0.1, -0.05) is 28.4 Å². The third-order valence-electron chi connectivity index (χ3n) is 3.25. The third kappa shape index (κ3) is 3.05. The highest BCUT2D eigenvalue weighted by atomic mass is 79.9. The van der Waals surface area contributed by atoms with Gasteiger partial charge in [0.05, 0.1) is 0 Å². The molecule has 0 aliphatic heterocycles. The van der Waals surface area contributed by atoms with E-state index in [4.69, 9.17) is 0 Å². The summed E-state index contributed by atoms with van der Waals surface area (Å²) in [6, 6.07) is 4.92. The van der Waals surface area contributed by atoms with Gasteiger partial charge in [0, 0.05) is 17.6 Å². The van der Waals surface area contributed by atoms with Gasteiger partial charge in [0.15, 0.2) is 0 Å². The lowest BCUT2D eigenvalue weighted by Crippen LogP contribution is -2.29. The molecule has 0 saturated heterocycles. The Kier molecular flexibility index (Phi) is 3.98. The highest BCUT2D eigenvalue weighted by Gasteiger charge is 2.19. The van der Waals surface area contributed by atoms with E-state index < -0.39 is 0 Å². The van der Waals surface area contributed by atoms with Crippen molar-refractivity contribution in [3.8, 4) is 0 Å². The minimum atomic E-state index is -0.183. The molecule has 0 aromatic heterocycles. The molecule has 0 amide bonds. The molecule has 0 atom stereocenters. The van der Waals surface area contributed by atoms with E-state index in [0.29, 0.717) is 0 Å². The summed E-state index contributed by atoms with van der Waals surface area (Å²) in [5.74, 6) is 0.696. The van der Waals surface area contributed by atoms with E-state index in [1.165, 1.54) is 31.4 Å². The predicted octanol–water partition coefficient (Wildman–Crippen LogP) is 3.82. The van der Waals surface area contributed by atoms with Gasteiger partial charge >= 0.3 is 0 Å². The van der Waals surface area contributed by atoms with Crippen LogP contribution in [0.1, 0.15) is 24.8 Å². The normalized spacial score (nSPS) is 16.5. The van der Waals surface area contributed by atoms with Crippen LogP contribution < -0.4 is 0 Å². The summed E-state index contributed by atoms with van der Waals surface area (Å²) in [5, 5.41) is 0. The van der Waals surface area contributed by atoms with Gasteiger partial charge < -0.3 is 4.90 Å². The van der Waals surface area contributed by atoms with Crippen LogP contribution in [-0.4, -0.2) is 18.5 Å². The van der Waals surface area contributed by atoms with Crippen molar-refractivity contribution in [2.45, 2.75) is 25.8 Å². The SMILES string of the molecule is CN(Cc1ccc(F)cc1Br)CC1CCC1. The molecule has 0 unspecified atom stereocenters. The minimum Gasteiger partial charge on any atom is -0.302 e. The fourth-order valence-electron chi connectivity index (χ4n) is 2.12. The van der Waals surface area contributed by atoms with E-state index >= 15 is 0 Å². The molecule has 1 aliphatic carbocycles. The Labute approximate surface area is 105 Å². The molecule has 1 aromatic rings. The van der Waals surface area contributed by atoms with Crippen LogP contribution in [0.5, 0.6) is 0 Å². The molecule has 0 N–H and O–H groups in total. The maximum atomic E-state index is 12.9. The lowest BCUT2D eigenvalue weighted by molar-refractivity contribution is 0.200. The van der Waals surface area contributed by atoms with Crippen molar-refractivity contribution in [2.75, 3.05) is 13.6 Å². The molecule has 1 aromatic carbocycles. The zero-order valence-corrected chi connectivity index (χ0v) is 11.1. The average molecular weight is 286 g/mol. The van der Waals surface area contributed by atoms with E-state index in [9.17, 15) is 4.39 Å². The minimum absolute atomic E-state index is 0.183. The molecule has 1 fully saturated rings. The van der Waals surface area contributed by atoms with Crippen LogP contribution in [0.4, 0.5) is 4.39 Å². The Balaban J connectivity index is 1.91. The van der Waals surface area contributed by atoms with Gasteiger partial charge in [0.1, 0.15) is 5.82 Å². The van der Waals surface area contributed by atoms with Crippen LogP contribution >= 0.6 is 15.9 Å². The summed E-state index contributed by atoms with van der Waals surface area (Å²) < 4.78 is 13.8. The third-order valence-corrected chi connectivity index (χ3v) is 3.99. The molecule has 16 heavy (non-hydrogen) atoms. The number of benzene rings is 1. The summed E-state index contributed by atoms with van der Waals surface area (Å²) in [5.41, 5.74) is 1.16. The van der Waals surface area contributed by atoms with E-state index in [0.717, 1.165) is 29.0 Å². The second kappa shape index (κ2) is 5.28. The van der Waals surface area contributed by atoms with Crippen LogP contribution in [0.3, 0.4) is 0 Å². The summed E-state index contributed by atoms with van der Waals surface area (Å²) in [7, 11) is 2.13. The Morgan fingerprint density at radius 2 is 2.19 bits per heavy atom. The largest absolute Gasteiger partial charge is 0.302 e. The van der Waals surface area contributed by atoms with Gasteiger partial charge in [0.2, 0.25) is 0 Å². The lowest BCUT2D eigenvalue weighted by Gasteiger charge is -2.30. The molecular formula is C13H17BrFN. The number of rotatable bonds is 4. The molecule has 1 nitrogen and oxygen atoms in total. The summed E-state index contributed by atoms with van der Waals surface area (Å²) >= 11 is 3.41. The molecule has 1 saturated carbocycles. The Morgan fingerprint density at radius 3 is 2.75 bits per heavy atom. The zero-order valence-electron chi connectivity index (χ0n) is 9.55. The monoisotopic (exact) mass is 285 g/mol. The first-order valence-electron chi connectivity index (χ1n) is 5.77. The van der Waals surface area contributed by atoms with Crippen molar-refractivity contribution >= 4 is 15.9 Å². The van der Waals surface area contributed by atoms with E-state index in [2.05, 4.69) is 27.9 Å².